The first-order valence-corrected chi connectivity index (χ1v) is 11.4. The number of hydrogen-bond acceptors (Lipinski definition) is 7. The van der Waals surface area contributed by atoms with Crippen LogP contribution in [0.25, 0.3) is 11.5 Å². The van der Waals surface area contributed by atoms with Gasteiger partial charge in [-0.2, -0.15) is 10.1 Å². The fourth-order valence-electron chi connectivity index (χ4n) is 4.48. The van der Waals surface area contributed by atoms with Crippen molar-refractivity contribution in [3.63, 3.8) is 0 Å². The Morgan fingerprint density at radius 2 is 1.86 bits per heavy atom. The van der Waals surface area contributed by atoms with Crippen LogP contribution in [0.15, 0.2) is 33.6 Å². The maximum Gasteiger partial charge on any atom is 0.266 e. The highest BCUT2D eigenvalue weighted by Crippen LogP contribution is 2.48. The van der Waals surface area contributed by atoms with Gasteiger partial charge in [0.2, 0.25) is 11.7 Å². The lowest BCUT2D eigenvalue weighted by Gasteiger charge is -2.42. The van der Waals surface area contributed by atoms with Gasteiger partial charge in [-0.05, 0) is 55.7 Å². The minimum absolute atomic E-state index is 0.189. The number of phenols is 1. The number of amides is 1. The zero-order valence-corrected chi connectivity index (χ0v) is 19.8. The number of nitrogens with one attached hydrogen (secondary N) is 1. The summed E-state index contributed by atoms with van der Waals surface area (Å²) in [6, 6.07) is 4.58. The van der Waals surface area contributed by atoms with Crippen LogP contribution < -0.4 is 10.9 Å². The Morgan fingerprint density at radius 1 is 1.20 bits per heavy atom. The predicted molar refractivity (Wildman–Crippen MR) is 122 cm³/mol. The minimum Gasteiger partial charge on any atom is -0.503 e. The summed E-state index contributed by atoms with van der Waals surface area (Å²) in [5, 5.41) is 20.2. The molecule has 2 aromatic heterocycles. The lowest BCUT2D eigenvalue weighted by atomic mass is 9.63. The summed E-state index contributed by atoms with van der Waals surface area (Å²) in [7, 11) is 1.55. The molecule has 0 unspecified atom stereocenters. The summed E-state index contributed by atoms with van der Waals surface area (Å²) < 4.78 is 34.0. The highest BCUT2D eigenvalue weighted by atomic mass is 19.1. The standard InChI is InChI=1S/C24H27F2N5O4/c1-4-24(22-28-20(30-35-22)17-5-6-18(32)31(3)29-17)9-7-23(2,8-10-24)13-27-21(34)14-11-15(25)19(33)16(26)12-14/h5-6,11-12,33H,4,7-10,13H2,1-3H3,(H,27,34)/t23-,24+. The molecule has 0 spiro atoms. The van der Waals surface area contributed by atoms with Crippen LogP contribution in [-0.4, -0.2) is 37.5 Å². The van der Waals surface area contributed by atoms with Crippen LogP contribution in [-0.2, 0) is 12.5 Å². The maximum absolute atomic E-state index is 13.6. The molecule has 11 heteroatoms. The maximum atomic E-state index is 13.6. The van der Waals surface area contributed by atoms with Crippen molar-refractivity contribution >= 4 is 5.91 Å². The third-order valence-electron chi connectivity index (χ3n) is 7.12. The largest absolute Gasteiger partial charge is 0.503 e. The molecule has 186 valence electrons. The van der Waals surface area contributed by atoms with Gasteiger partial charge in [0, 0.05) is 30.6 Å². The second-order valence-electron chi connectivity index (χ2n) is 9.52. The number of halogens is 2. The van der Waals surface area contributed by atoms with Crippen molar-refractivity contribution in [2.24, 2.45) is 12.5 Å². The average Bonchev–Trinajstić information content (AvgIpc) is 3.34. The average molecular weight is 488 g/mol. The molecule has 0 radical (unpaired) electrons. The number of aromatic nitrogens is 4. The van der Waals surface area contributed by atoms with Crippen molar-refractivity contribution in [2.45, 2.75) is 51.4 Å². The number of carbonyl (C=O) groups is 1. The van der Waals surface area contributed by atoms with E-state index >= 15 is 0 Å². The topological polar surface area (TPSA) is 123 Å². The molecular weight excluding hydrogens is 460 g/mol. The Balaban J connectivity index is 1.43. The van der Waals surface area contributed by atoms with Gasteiger partial charge in [-0.1, -0.05) is 19.0 Å². The second-order valence-corrected chi connectivity index (χ2v) is 9.52. The summed E-state index contributed by atoms with van der Waals surface area (Å²) in [4.78, 5) is 28.6. The van der Waals surface area contributed by atoms with Gasteiger partial charge in [-0.3, -0.25) is 9.59 Å². The SMILES string of the molecule is CC[C@]1(c2nc(-c3ccc(=O)n(C)n3)no2)CC[C@@](C)(CNC(=O)c2cc(F)c(O)c(F)c2)CC1. The fraction of sp³-hybridized carbons (Fsp3) is 0.458. The summed E-state index contributed by atoms with van der Waals surface area (Å²) >= 11 is 0. The van der Waals surface area contributed by atoms with E-state index in [0.29, 0.717) is 24.0 Å². The van der Waals surface area contributed by atoms with Gasteiger partial charge in [0.1, 0.15) is 5.69 Å². The van der Waals surface area contributed by atoms with Crippen LogP contribution in [0.3, 0.4) is 0 Å². The molecule has 2 N–H and O–H groups in total. The molecule has 1 aromatic carbocycles. The van der Waals surface area contributed by atoms with Gasteiger partial charge >= 0.3 is 0 Å². The Bertz CT molecular complexity index is 1290. The van der Waals surface area contributed by atoms with E-state index in [9.17, 15) is 23.5 Å². The number of hydrogen-bond donors (Lipinski definition) is 2. The fourth-order valence-corrected chi connectivity index (χ4v) is 4.48. The highest BCUT2D eigenvalue weighted by Gasteiger charge is 2.44. The van der Waals surface area contributed by atoms with Crippen molar-refractivity contribution in [1.29, 1.82) is 0 Å². The Kier molecular flexibility index (Phi) is 6.44. The number of phenolic OH excluding ortho intramolecular Hbond substituents is 1. The minimum atomic E-state index is -1.18. The van der Waals surface area contributed by atoms with Crippen LogP contribution in [0.4, 0.5) is 8.78 Å². The number of rotatable bonds is 6. The molecule has 0 aliphatic heterocycles. The molecule has 1 amide bonds. The molecule has 1 aliphatic rings. The zero-order valence-electron chi connectivity index (χ0n) is 19.8. The number of benzene rings is 1. The van der Waals surface area contributed by atoms with Gasteiger partial charge in [0.25, 0.3) is 11.5 Å². The van der Waals surface area contributed by atoms with E-state index < -0.39 is 23.3 Å². The lowest BCUT2D eigenvalue weighted by molar-refractivity contribution is 0.0861. The summed E-state index contributed by atoms with van der Waals surface area (Å²) in [6.45, 7) is 4.44. The smallest absolute Gasteiger partial charge is 0.266 e. The number of aryl methyl sites for hydroxylation is 1. The summed E-state index contributed by atoms with van der Waals surface area (Å²) in [5.41, 5.74) is -0.533. The monoisotopic (exact) mass is 487 g/mol. The van der Waals surface area contributed by atoms with Crippen molar-refractivity contribution in [3.05, 3.63) is 57.7 Å². The number of carbonyl (C=O) groups excluding carboxylic acids is 1. The highest BCUT2D eigenvalue weighted by molar-refractivity contribution is 5.94. The van der Waals surface area contributed by atoms with Crippen LogP contribution in [0.5, 0.6) is 5.75 Å². The Hall–Kier alpha value is -3.63. The van der Waals surface area contributed by atoms with Crippen LogP contribution in [0.1, 0.15) is 62.2 Å². The lowest BCUT2D eigenvalue weighted by Crippen LogP contribution is -2.42. The molecule has 9 nitrogen and oxygen atoms in total. The van der Waals surface area contributed by atoms with Crippen molar-refractivity contribution in [3.8, 4) is 17.3 Å². The van der Waals surface area contributed by atoms with Gasteiger partial charge < -0.3 is 14.9 Å². The van der Waals surface area contributed by atoms with E-state index in [2.05, 4.69) is 34.4 Å². The Morgan fingerprint density at radius 3 is 2.46 bits per heavy atom. The number of nitrogens with zero attached hydrogens (tertiary/aromatic N) is 4. The molecule has 1 saturated carbocycles. The molecule has 1 aliphatic carbocycles. The number of aromatic hydroxyl groups is 1. The first kappa shape index (κ1) is 24.5. The molecule has 0 saturated heterocycles. The van der Waals surface area contributed by atoms with Crippen LogP contribution in [0, 0.1) is 17.0 Å². The van der Waals surface area contributed by atoms with E-state index in [-0.39, 0.29) is 22.0 Å². The first-order chi connectivity index (χ1) is 16.6. The van der Waals surface area contributed by atoms with E-state index in [1.54, 1.807) is 13.1 Å². The molecule has 1 fully saturated rings. The quantitative estimate of drug-likeness (QED) is 0.546. The van der Waals surface area contributed by atoms with Crippen molar-refractivity contribution in [1.82, 2.24) is 25.2 Å². The zero-order chi connectivity index (χ0) is 25.4. The molecule has 35 heavy (non-hydrogen) atoms. The van der Waals surface area contributed by atoms with E-state index in [4.69, 9.17) is 4.52 Å². The van der Waals surface area contributed by atoms with E-state index in [0.717, 1.165) is 44.2 Å². The van der Waals surface area contributed by atoms with Gasteiger partial charge in [0.05, 0.1) is 0 Å². The third-order valence-corrected chi connectivity index (χ3v) is 7.12. The van der Waals surface area contributed by atoms with Crippen molar-refractivity contribution < 1.29 is 23.2 Å². The molecule has 0 bridgehead atoms. The molecule has 4 rings (SSSR count). The van der Waals surface area contributed by atoms with Crippen LogP contribution >= 0.6 is 0 Å². The van der Waals surface area contributed by atoms with Gasteiger partial charge in [0.15, 0.2) is 17.4 Å². The van der Waals surface area contributed by atoms with E-state index in [1.807, 2.05) is 0 Å². The second kappa shape index (κ2) is 9.20. The molecule has 0 atom stereocenters. The molecule has 3 aromatic rings. The molecule has 2 heterocycles. The summed E-state index contributed by atoms with van der Waals surface area (Å²) in [6.07, 6.45) is 3.80. The van der Waals surface area contributed by atoms with Gasteiger partial charge in [-0.15, -0.1) is 0 Å². The predicted octanol–water partition coefficient (Wildman–Crippen LogP) is 3.47. The van der Waals surface area contributed by atoms with Gasteiger partial charge in [-0.25, -0.2) is 13.5 Å². The van der Waals surface area contributed by atoms with Crippen molar-refractivity contribution in [2.75, 3.05) is 6.54 Å². The third kappa shape index (κ3) is 4.80. The van der Waals surface area contributed by atoms with Crippen LogP contribution in [0.2, 0.25) is 0 Å². The molecular formula is C24H27F2N5O4. The first-order valence-electron chi connectivity index (χ1n) is 11.4. The summed E-state index contributed by atoms with van der Waals surface area (Å²) in [5.74, 6) is -3.24. The van der Waals surface area contributed by atoms with E-state index in [1.165, 1.54) is 10.7 Å². The Labute approximate surface area is 200 Å². The normalized spacial score (nSPS) is 22.2.